The van der Waals surface area contributed by atoms with Crippen LogP contribution in [0.25, 0.3) is 0 Å². The highest BCUT2D eigenvalue weighted by Crippen LogP contribution is 1.96. The molecule has 0 spiro atoms. The van der Waals surface area contributed by atoms with Crippen LogP contribution in [0.2, 0.25) is 0 Å². The molecule has 0 aliphatic carbocycles. The number of hydrogen-bond acceptors (Lipinski definition) is 2. The van der Waals surface area contributed by atoms with Gasteiger partial charge in [-0.25, -0.2) is 0 Å². The molecule has 0 aromatic heterocycles. The topological polar surface area (TPSA) is 49.3 Å². The Labute approximate surface area is 73.2 Å². The molecule has 2 unspecified atom stereocenters. The van der Waals surface area contributed by atoms with E-state index < -0.39 is 6.10 Å². The summed E-state index contributed by atoms with van der Waals surface area (Å²) in [4.78, 5) is 10.9. The first-order valence-electron chi connectivity index (χ1n) is 3.97. The van der Waals surface area contributed by atoms with Crippen LogP contribution in [0.3, 0.4) is 0 Å². The van der Waals surface area contributed by atoms with Crippen LogP contribution in [0.1, 0.15) is 26.7 Å². The fourth-order valence-electron chi connectivity index (χ4n) is 0.989. The van der Waals surface area contributed by atoms with Gasteiger partial charge in [0.1, 0.15) is 0 Å². The van der Waals surface area contributed by atoms with Crippen molar-refractivity contribution in [1.29, 1.82) is 0 Å². The molecule has 0 radical (unpaired) electrons. The van der Waals surface area contributed by atoms with Gasteiger partial charge < -0.3 is 10.4 Å². The Bertz CT molecular complexity index is 181. The highest BCUT2D eigenvalue weighted by atomic mass is 16.3. The molecule has 2 atom stereocenters. The van der Waals surface area contributed by atoms with Crippen molar-refractivity contribution in [3.63, 3.8) is 0 Å². The molecule has 0 saturated carbocycles. The second-order valence-electron chi connectivity index (χ2n) is 2.93. The van der Waals surface area contributed by atoms with Gasteiger partial charge in [-0.3, -0.25) is 4.79 Å². The predicted molar refractivity (Wildman–Crippen MR) is 47.4 cm³/mol. The summed E-state index contributed by atoms with van der Waals surface area (Å²) in [7, 11) is 0. The smallest absolute Gasteiger partial charge is 0.232 e. The SMILES string of the molecule is C#CCC(=O)NC(C)CC(C)O. The maximum Gasteiger partial charge on any atom is 0.232 e. The van der Waals surface area contributed by atoms with Gasteiger partial charge in [-0.15, -0.1) is 6.42 Å². The van der Waals surface area contributed by atoms with Crippen molar-refractivity contribution < 1.29 is 9.90 Å². The van der Waals surface area contributed by atoms with E-state index in [-0.39, 0.29) is 18.4 Å². The molecule has 68 valence electrons. The van der Waals surface area contributed by atoms with Crippen LogP contribution in [0.4, 0.5) is 0 Å². The third-order valence-electron chi connectivity index (χ3n) is 1.36. The minimum Gasteiger partial charge on any atom is -0.393 e. The van der Waals surface area contributed by atoms with E-state index in [9.17, 15) is 4.79 Å². The average molecular weight is 169 g/mol. The summed E-state index contributed by atoms with van der Waals surface area (Å²) >= 11 is 0. The van der Waals surface area contributed by atoms with Crippen molar-refractivity contribution in [2.75, 3.05) is 0 Å². The second-order valence-corrected chi connectivity index (χ2v) is 2.93. The first-order chi connectivity index (χ1) is 5.56. The lowest BCUT2D eigenvalue weighted by atomic mass is 10.1. The van der Waals surface area contributed by atoms with Gasteiger partial charge in [0.25, 0.3) is 0 Å². The van der Waals surface area contributed by atoms with Gasteiger partial charge in [0.2, 0.25) is 5.91 Å². The number of aliphatic hydroxyl groups excluding tert-OH is 1. The van der Waals surface area contributed by atoms with E-state index >= 15 is 0 Å². The van der Waals surface area contributed by atoms with Gasteiger partial charge in [0.15, 0.2) is 0 Å². The molecule has 0 aliphatic heterocycles. The zero-order chi connectivity index (χ0) is 9.56. The Balaban J connectivity index is 3.63. The van der Waals surface area contributed by atoms with E-state index in [1.165, 1.54) is 0 Å². The molecule has 0 fully saturated rings. The van der Waals surface area contributed by atoms with Gasteiger partial charge in [-0.2, -0.15) is 0 Å². The molecule has 3 heteroatoms. The molecule has 0 bridgehead atoms. The third-order valence-corrected chi connectivity index (χ3v) is 1.36. The minimum atomic E-state index is -0.397. The highest BCUT2D eigenvalue weighted by Gasteiger charge is 2.08. The Morgan fingerprint density at radius 3 is 2.67 bits per heavy atom. The Hall–Kier alpha value is -1.01. The fraction of sp³-hybridized carbons (Fsp3) is 0.667. The maximum absolute atomic E-state index is 10.9. The van der Waals surface area contributed by atoms with Crippen molar-refractivity contribution in [2.24, 2.45) is 0 Å². The maximum atomic E-state index is 10.9. The molecule has 1 amide bonds. The molecule has 0 aromatic carbocycles. The van der Waals surface area contributed by atoms with Crippen LogP contribution in [-0.4, -0.2) is 23.2 Å². The van der Waals surface area contributed by atoms with Crippen LogP contribution in [0, 0.1) is 12.3 Å². The van der Waals surface area contributed by atoms with Crippen LogP contribution < -0.4 is 5.32 Å². The summed E-state index contributed by atoms with van der Waals surface area (Å²) in [5.74, 6) is 2.09. The molecule has 0 heterocycles. The van der Waals surface area contributed by atoms with Crippen molar-refractivity contribution in [3.05, 3.63) is 0 Å². The highest BCUT2D eigenvalue weighted by molar-refractivity contribution is 5.78. The van der Waals surface area contributed by atoms with Gasteiger partial charge in [0.05, 0.1) is 12.5 Å². The third kappa shape index (κ3) is 5.75. The number of rotatable bonds is 4. The zero-order valence-corrected chi connectivity index (χ0v) is 7.50. The van der Waals surface area contributed by atoms with Crippen molar-refractivity contribution >= 4 is 5.91 Å². The molecular formula is C9H15NO2. The van der Waals surface area contributed by atoms with Gasteiger partial charge in [-0.1, -0.05) is 5.92 Å². The number of amides is 1. The number of carbonyl (C=O) groups is 1. The summed E-state index contributed by atoms with van der Waals surface area (Å²) in [6.07, 6.45) is 5.20. The molecule has 0 rings (SSSR count). The van der Waals surface area contributed by atoms with Crippen LogP contribution in [0.5, 0.6) is 0 Å². The molecule has 0 aliphatic rings. The number of hydrogen-bond donors (Lipinski definition) is 2. The van der Waals surface area contributed by atoms with Crippen molar-refractivity contribution in [3.8, 4) is 12.3 Å². The summed E-state index contributed by atoms with van der Waals surface area (Å²) < 4.78 is 0. The standard InChI is InChI=1S/C9H15NO2/c1-4-5-9(12)10-7(2)6-8(3)11/h1,7-8,11H,5-6H2,2-3H3,(H,10,12). The first-order valence-corrected chi connectivity index (χ1v) is 3.97. The van der Waals surface area contributed by atoms with E-state index in [0.717, 1.165) is 0 Å². The summed E-state index contributed by atoms with van der Waals surface area (Å²) in [6, 6.07) is -0.0224. The van der Waals surface area contributed by atoms with Gasteiger partial charge in [-0.05, 0) is 20.3 Å². The van der Waals surface area contributed by atoms with E-state index in [1.807, 2.05) is 6.92 Å². The minimum absolute atomic E-state index is 0.0224. The number of aliphatic hydroxyl groups is 1. The molecule has 12 heavy (non-hydrogen) atoms. The quantitative estimate of drug-likeness (QED) is 0.594. The zero-order valence-electron chi connectivity index (χ0n) is 7.50. The summed E-state index contributed by atoms with van der Waals surface area (Å²) in [6.45, 7) is 3.52. The van der Waals surface area contributed by atoms with E-state index in [4.69, 9.17) is 11.5 Å². The Morgan fingerprint density at radius 1 is 1.67 bits per heavy atom. The fourth-order valence-corrected chi connectivity index (χ4v) is 0.989. The van der Waals surface area contributed by atoms with E-state index in [2.05, 4.69) is 11.2 Å². The normalized spacial score (nSPS) is 14.5. The van der Waals surface area contributed by atoms with Crippen LogP contribution in [-0.2, 0) is 4.79 Å². The van der Waals surface area contributed by atoms with Crippen molar-refractivity contribution in [1.82, 2.24) is 5.32 Å². The van der Waals surface area contributed by atoms with Crippen LogP contribution >= 0.6 is 0 Å². The Morgan fingerprint density at radius 2 is 2.25 bits per heavy atom. The van der Waals surface area contributed by atoms with Crippen molar-refractivity contribution in [2.45, 2.75) is 38.8 Å². The van der Waals surface area contributed by atoms with Crippen LogP contribution in [0.15, 0.2) is 0 Å². The lowest BCUT2D eigenvalue weighted by molar-refractivity contribution is -0.120. The van der Waals surface area contributed by atoms with Gasteiger partial charge in [0, 0.05) is 6.04 Å². The summed E-state index contributed by atoms with van der Waals surface area (Å²) in [5, 5.41) is 11.6. The molecular weight excluding hydrogens is 154 g/mol. The molecule has 2 N–H and O–H groups in total. The monoisotopic (exact) mass is 169 g/mol. The molecule has 0 aromatic rings. The number of terminal acetylenes is 1. The predicted octanol–water partition coefficient (Wildman–Crippen LogP) is 0.285. The van der Waals surface area contributed by atoms with E-state index in [1.54, 1.807) is 6.92 Å². The number of carbonyl (C=O) groups excluding carboxylic acids is 1. The molecule has 3 nitrogen and oxygen atoms in total. The average Bonchev–Trinajstić information content (AvgIpc) is 1.84. The van der Waals surface area contributed by atoms with Gasteiger partial charge >= 0.3 is 0 Å². The summed E-state index contributed by atoms with van der Waals surface area (Å²) in [5.41, 5.74) is 0. The Kier molecular flexibility index (Phi) is 5.14. The van der Waals surface area contributed by atoms with E-state index in [0.29, 0.717) is 6.42 Å². The lowest BCUT2D eigenvalue weighted by Gasteiger charge is -2.14. The largest absolute Gasteiger partial charge is 0.393 e. The first kappa shape index (κ1) is 11.0. The molecule has 0 saturated heterocycles. The number of nitrogens with one attached hydrogen (secondary N) is 1. The lowest BCUT2D eigenvalue weighted by Crippen LogP contribution is -2.34. The second kappa shape index (κ2) is 5.62.